The lowest BCUT2D eigenvalue weighted by atomic mass is 9.99. The van der Waals surface area contributed by atoms with Crippen molar-refractivity contribution in [1.82, 2.24) is 0 Å². The van der Waals surface area contributed by atoms with Gasteiger partial charge in [-0.2, -0.15) is 10.5 Å². The van der Waals surface area contributed by atoms with Crippen LogP contribution in [0.2, 0.25) is 0 Å². The van der Waals surface area contributed by atoms with Gasteiger partial charge in [0.25, 0.3) is 0 Å². The number of carbonyl (C=O) groups excluding carboxylic acids is 1. The first kappa shape index (κ1) is 13.1. The van der Waals surface area contributed by atoms with Crippen LogP contribution in [-0.4, -0.2) is 17.8 Å². The highest BCUT2D eigenvalue weighted by molar-refractivity contribution is 5.82. The van der Waals surface area contributed by atoms with Crippen LogP contribution in [0.25, 0.3) is 0 Å². The molecule has 90 valence electrons. The number of esters is 1. The quantitative estimate of drug-likeness (QED) is 0.577. The molecule has 0 aliphatic carbocycles. The molecule has 2 N–H and O–H groups in total. The smallest absolute Gasteiger partial charge is 0.328 e. The minimum atomic E-state index is -1.21. The van der Waals surface area contributed by atoms with Crippen molar-refractivity contribution in [2.45, 2.75) is 12.8 Å². The lowest BCUT2D eigenvalue weighted by Crippen LogP contribution is -2.99. The van der Waals surface area contributed by atoms with E-state index in [9.17, 15) is 10.0 Å². The van der Waals surface area contributed by atoms with E-state index in [2.05, 4.69) is 0 Å². The highest BCUT2D eigenvalue weighted by atomic mass is 16.8. The Kier molecular flexibility index (Phi) is 4.60. The van der Waals surface area contributed by atoms with Gasteiger partial charge in [0.05, 0.1) is 12.7 Å². The molecule has 0 amide bonds. The van der Waals surface area contributed by atoms with Gasteiger partial charge in [-0.1, -0.05) is 18.2 Å². The zero-order valence-corrected chi connectivity index (χ0v) is 9.21. The normalized spacial score (nSPS) is 13.5. The van der Waals surface area contributed by atoms with Gasteiger partial charge in [0.2, 0.25) is 0 Å². The summed E-state index contributed by atoms with van der Waals surface area (Å²) in [5.41, 5.74) is 0.0908. The average molecular weight is 236 g/mol. The SMILES string of the molecule is CCOC(=O)[C@@H](C#N)c1ccccc1[NH+]([O-])O. The van der Waals surface area contributed by atoms with Gasteiger partial charge in [-0.25, -0.2) is 5.21 Å². The Balaban J connectivity index is 3.13. The number of nitrogens with one attached hydrogen (secondary N) is 1. The Hall–Kier alpha value is -1.94. The monoisotopic (exact) mass is 236 g/mol. The summed E-state index contributed by atoms with van der Waals surface area (Å²) < 4.78 is 4.73. The van der Waals surface area contributed by atoms with Crippen molar-refractivity contribution in [3.8, 4) is 6.07 Å². The molecule has 0 fully saturated rings. The molecule has 1 aromatic rings. The number of para-hydroxylation sites is 1. The van der Waals surface area contributed by atoms with Crippen molar-refractivity contribution in [2.75, 3.05) is 6.61 Å². The molecule has 0 saturated heterocycles. The fraction of sp³-hybridized carbons (Fsp3) is 0.273. The van der Waals surface area contributed by atoms with Crippen LogP contribution in [-0.2, 0) is 9.53 Å². The molecule has 6 nitrogen and oxygen atoms in total. The van der Waals surface area contributed by atoms with Crippen LogP contribution in [0.3, 0.4) is 0 Å². The van der Waals surface area contributed by atoms with Crippen LogP contribution in [0.15, 0.2) is 24.3 Å². The summed E-state index contributed by atoms with van der Waals surface area (Å²) in [5.74, 6) is -1.94. The molecule has 1 aromatic carbocycles. The predicted octanol–water partition coefficient (Wildman–Crippen LogP) is 0.260. The second kappa shape index (κ2) is 5.96. The Labute approximate surface area is 98.2 Å². The summed E-state index contributed by atoms with van der Waals surface area (Å²) in [6, 6.07) is 7.66. The van der Waals surface area contributed by atoms with Crippen LogP contribution in [0.1, 0.15) is 18.4 Å². The third kappa shape index (κ3) is 3.01. The highest BCUT2D eigenvalue weighted by Crippen LogP contribution is 2.22. The van der Waals surface area contributed by atoms with Gasteiger partial charge in [-0.15, -0.1) is 0 Å². The molecule has 0 aliphatic rings. The Morgan fingerprint density at radius 2 is 2.29 bits per heavy atom. The van der Waals surface area contributed by atoms with Gasteiger partial charge in [-0.3, -0.25) is 4.79 Å². The molecule has 6 heteroatoms. The Morgan fingerprint density at radius 1 is 1.65 bits per heavy atom. The summed E-state index contributed by atoms with van der Waals surface area (Å²) in [6.07, 6.45) is 0. The highest BCUT2D eigenvalue weighted by Gasteiger charge is 2.26. The van der Waals surface area contributed by atoms with E-state index in [1.165, 1.54) is 18.2 Å². The number of hydrogen-bond donors (Lipinski definition) is 2. The third-order valence-electron chi connectivity index (χ3n) is 2.15. The Morgan fingerprint density at radius 3 is 2.82 bits per heavy atom. The zero-order valence-electron chi connectivity index (χ0n) is 9.21. The van der Waals surface area contributed by atoms with E-state index in [0.29, 0.717) is 0 Å². The van der Waals surface area contributed by atoms with Crippen molar-refractivity contribution in [3.05, 3.63) is 35.0 Å². The fourth-order valence-corrected chi connectivity index (χ4v) is 1.42. The van der Waals surface area contributed by atoms with Crippen molar-refractivity contribution >= 4 is 11.7 Å². The summed E-state index contributed by atoms with van der Waals surface area (Å²) >= 11 is 0. The molecule has 0 aliphatic heterocycles. The summed E-state index contributed by atoms with van der Waals surface area (Å²) in [4.78, 5) is 11.5. The Bertz CT molecular complexity index is 439. The second-order valence-corrected chi connectivity index (χ2v) is 3.21. The van der Waals surface area contributed by atoms with Crippen LogP contribution < -0.4 is 5.23 Å². The number of quaternary nitrogens is 1. The average Bonchev–Trinajstić information content (AvgIpc) is 2.31. The minimum Gasteiger partial charge on any atom is -0.595 e. The molecule has 0 spiro atoms. The molecular weight excluding hydrogens is 224 g/mol. The van der Waals surface area contributed by atoms with Gasteiger partial charge in [0, 0.05) is 11.6 Å². The summed E-state index contributed by atoms with van der Waals surface area (Å²) in [7, 11) is 0. The molecule has 2 atom stereocenters. The lowest BCUT2D eigenvalue weighted by Gasteiger charge is -2.17. The summed E-state index contributed by atoms with van der Waals surface area (Å²) in [5, 5.41) is 27.7. The number of benzene rings is 1. The minimum absolute atomic E-state index is 0.0629. The van der Waals surface area contributed by atoms with E-state index in [0.717, 1.165) is 0 Å². The number of ether oxygens (including phenoxy) is 1. The maximum atomic E-state index is 11.5. The van der Waals surface area contributed by atoms with Gasteiger partial charge in [0.15, 0.2) is 11.6 Å². The van der Waals surface area contributed by atoms with Crippen molar-refractivity contribution in [3.63, 3.8) is 0 Å². The zero-order chi connectivity index (χ0) is 12.8. The van der Waals surface area contributed by atoms with Crippen molar-refractivity contribution in [2.24, 2.45) is 0 Å². The first-order chi connectivity index (χ1) is 8.11. The molecule has 1 unspecified atom stereocenters. The van der Waals surface area contributed by atoms with Crippen LogP contribution in [0.5, 0.6) is 0 Å². The van der Waals surface area contributed by atoms with Crippen molar-refractivity contribution < 1.29 is 20.0 Å². The van der Waals surface area contributed by atoms with E-state index in [1.54, 1.807) is 19.1 Å². The first-order valence-electron chi connectivity index (χ1n) is 5.00. The van der Waals surface area contributed by atoms with Crippen LogP contribution in [0, 0.1) is 16.5 Å². The number of nitrogens with zero attached hydrogens (tertiary/aromatic N) is 1. The van der Waals surface area contributed by atoms with Crippen molar-refractivity contribution in [1.29, 1.82) is 5.26 Å². The molecule has 17 heavy (non-hydrogen) atoms. The number of carbonyl (C=O) groups is 1. The second-order valence-electron chi connectivity index (χ2n) is 3.21. The van der Waals surface area contributed by atoms with Gasteiger partial charge in [0.1, 0.15) is 0 Å². The van der Waals surface area contributed by atoms with Gasteiger partial charge < -0.3 is 9.94 Å². The van der Waals surface area contributed by atoms with Gasteiger partial charge in [-0.05, 0) is 6.92 Å². The maximum absolute atomic E-state index is 11.5. The molecule has 0 aromatic heterocycles. The number of nitriles is 1. The summed E-state index contributed by atoms with van der Waals surface area (Å²) in [6.45, 7) is 1.77. The molecule has 1 rings (SSSR count). The largest absolute Gasteiger partial charge is 0.595 e. The van der Waals surface area contributed by atoms with Gasteiger partial charge >= 0.3 is 5.97 Å². The van der Waals surface area contributed by atoms with E-state index in [4.69, 9.17) is 15.2 Å². The fourth-order valence-electron chi connectivity index (χ4n) is 1.42. The predicted molar refractivity (Wildman–Crippen MR) is 57.2 cm³/mol. The standard InChI is InChI=1S/C11H12N2O4/c1-2-17-11(14)9(7-12)8-5-3-4-6-10(8)13(15)16/h3-6,9,13,15H,2H2,1H3/t9-/m0/s1. The van der Waals surface area contributed by atoms with E-state index < -0.39 is 17.1 Å². The topological polar surface area (TPSA) is 97.8 Å². The first-order valence-corrected chi connectivity index (χ1v) is 5.00. The molecular formula is C11H12N2O4. The van der Waals surface area contributed by atoms with E-state index in [1.807, 2.05) is 0 Å². The molecule has 0 heterocycles. The lowest BCUT2D eigenvalue weighted by molar-refractivity contribution is -0.991. The number of rotatable bonds is 4. The molecule has 0 bridgehead atoms. The van der Waals surface area contributed by atoms with E-state index >= 15 is 0 Å². The van der Waals surface area contributed by atoms with Crippen LogP contribution >= 0.6 is 0 Å². The van der Waals surface area contributed by atoms with Crippen LogP contribution in [0.4, 0.5) is 5.69 Å². The third-order valence-corrected chi connectivity index (χ3v) is 2.15. The van der Waals surface area contributed by atoms with E-state index in [-0.39, 0.29) is 17.9 Å². The maximum Gasteiger partial charge on any atom is 0.328 e. The molecule has 0 saturated carbocycles. The molecule has 0 radical (unpaired) electrons. The number of hydrogen-bond acceptors (Lipinski definition) is 5.